The van der Waals surface area contributed by atoms with Crippen LogP contribution in [0.3, 0.4) is 0 Å². The molecule has 0 saturated carbocycles. The molecule has 1 fully saturated rings. The molecule has 6 nitrogen and oxygen atoms in total. The molecule has 0 spiro atoms. The average Bonchev–Trinajstić information content (AvgIpc) is 2.48. The van der Waals surface area contributed by atoms with Gasteiger partial charge in [-0.15, -0.1) is 0 Å². The van der Waals surface area contributed by atoms with Gasteiger partial charge >= 0.3 is 5.97 Å². The fourth-order valence-electron chi connectivity index (χ4n) is 2.41. The average molecular weight is 282 g/mol. The lowest BCUT2D eigenvalue weighted by Gasteiger charge is -2.32. The van der Waals surface area contributed by atoms with E-state index in [0.29, 0.717) is 38.9 Å². The van der Waals surface area contributed by atoms with Gasteiger partial charge in [0, 0.05) is 19.8 Å². The van der Waals surface area contributed by atoms with E-state index in [0.717, 1.165) is 0 Å². The molecular formula is C14H22N2O4. The number of hydrogen-bond acceptors (Lipinski definition) is 4. The predicted molar refractivity (Wildman–Crippen MR) is 71.8 cm³/mol. The number of carbonyl (C=O) groups is 2. The highest BCUT2D eigenvalue weighted by molar-refractivity contribution is 5.86. The minimum absolute atomic E-state index is 0.0540. The summed E-state index contributed by atoms with van der Waals surface area (Å²) in [7, 11) is 0. The number of nitrogens with zero attached hydrogens (tertiary/aromatic N) is 1. The Morgan fingerprint density at radius 3 is 2.30 bits per heavy atom. The summed E-state index contributed by atoms with van der Waals surface area (Å²) in [4.78, 5) is 23.7. The number of ether oxygens (including phenoxy) is 1. The van der Waals surface area contributed by atoms with Gasteiger partial charge in [-0.1, -0.05) is 13.8 Å². The molecule has 0 unspecified atom stereocenters. The van der Waals surface area contributed by atoms with E-state index in [-0.39, 0.29) is 12.5 Å². The number of carboxylic acids is 1. The summed E-state index contributed by atoms with van der Waals surface area (Å²) < 4.78 is 5.18. The molecule has 6 heteroatoms. The first-order valence-electron chi connectivity index (χ1n) is 6.97. The molecule has 0 radical (unpaired) electrons. The zero-order valence-corrected chi connectivity index (χ0v) is 12.1. The summed E-state index contributed by atoms with van der Waals surface area (Å²) in [6.07, 6.45) is 1.57. The van der Waals surface area contributed by atoms with Crippen LogP contribution in [0.1, 0.15) is 39.5 Å². The fourth-order valence-corrected chi connectivity index (χ4v) is 2.41. The zero-order valence-electron chi connectivity index (χ0n) is 12.1. The first-order valence-corrected chi connectivity index (χ1v) is 6.97. The lowest BCUT2D eigenvalue weighted by Crippen LogP contribution is -2.49. The van der Waals surface area contributed by atoms with Crippen LogP contribution in [-0.4, -0.2) is 36.7 Å². The van der Waals surface area contributed by atoms with E-state index in [1.807, 2.05) is 0 Å². The van der Waals surface area contributed by atoms with Crippen molar-refractivity contribution in [1.82, 2.24) is 5.32 Å². The number of hydrogen-bond donors (Lipinski definition) is 2. The van der Waals surface area contributed by atoms with Gasteiger partial charge in [-0.2, -0.15) is 5.26 Å². The second-order valence-electron chi connectivity index (χ2n) is 5.28. The molecule has 1 saturated heterocycles. The Balaban J connectivity index is 2.75. The number of nitriles is 1. The van der Waals surface area contributed by atoms with Crippen LogP contribution in [0.2, 0.25) is 0 Å². The van der Waals surface area contributed by atoms with Gasteiger partial charge in [0.2, 0.25) is 5.91 Å². The number of rotatable bonds is 6. The second kappa shape index (κ2) is 6.71. The number of carbonyl (C=O) groups excluding carboxylic acids is 1. The maximum absolute atomic E-state index is 12.3. The molecule has 0 bridgehead atoms. The van der Waals surface area contributed by atoms with Crippen LogP contribution in [0.25, 0.3) is 0 Å². The highest BCUT2D eigenvalue weighted by Crippen LogP contribution is 2.31. The van der Waals surface area contributed by atoms with E-state index in [1.165, 1.54) is 0 Å². The maximum atomic E-state index is 12.3. The minimum Gasteiger partial charge on any atom is -0.481 e. The molecule has 1 rings (SSSR count). The lowest BCUT2D eigenvalue weighted by atomic mass is 9.79. The maximum Gasteiger partial charge on any atom is 0.311 e. The van der Waals surface area contributed by atoms with Crippen molar-refractivity contribution in [3.8, 4) is 6.07 Å². The summed E-state index contributed by atoms with van der Waals surface area (Å²) in [5.74, 6) is -1.29. The SMILES string of the molecule is CCC(CC)(CNC(=O)C1(C#N)CCOCC1)C(=O)O. The first-order chi connectivity index (χ1) is 9.46. The van der Waals surface area contributed by atoms with Gasteiger partial charge in [0.25, 0.3) is 0 Å². The minimum atomic E-state index is -1.08. The third-order valence-corrected chi connectivity index (χ3v) is 4.39. The Morgan fingerprint density at radius 2 is 1.90 bits per heavy atom. The van der Waals surface area contributed by atoms with Crippen LogP contribution in [-0.2, 0) is 14.3 Å². The Labute approximate surface area is 119 Å². The highest BCUT2D eigenvalue weighted by Gasteiger charge is 2.42. The van der Waals surface area contributed by atoms with Gasteiger partial charge in [0.1, 0.15) is 5.41 Å². The summed E-state index contributed by atoms with van der Waals surface area (Å²) in [5, 5.41) is 21.3. The molecule has 1 amide bonds. The summed E-state index contributed by atoms with van der Waals surface area (Å²) in [6.45, 7) is 4.40. The Kier molecular flexibility index (Phi) is 5.52. The van der Waals surface area contributed by atoms with Crippen LogP contribution in [0.5, 0.6) is 0 Å². The molecule has 112 valence electrons. The van der Waals surface area contributed by atoms with Crippen LogP contribution in [0, 0.1) is 22.2 Å². The molecule has 1 aliphatic heterocycles. The lowest BCUT2D eigenvalue weighted by molar-refractivity contribution is -0.149. The molecular weight excluding hydrogens is 260 g/mol. The molecule has 0 atom stereocenters. The van der Waals surface area contributed by atoms with Crippen LogP contribution < -0.4 is 5.32 Å². The molecule has 20 heavy (non-hydrogen) atoms. The van der Waals surface area contributed by atoms with Crippen molar-refractivity contribution in [1.29, 1.82) is 5.26 Å². The van der Waals surface area contributed by atoms with Gasteiger partial charge in [0.05, 0.1) is 11.5 Å². The molecule has 0 aliphatic carbocycles. The van der Waals surface area contributed by atoms with Gasteiger partial charge in [-0.25, -0.2) is 0 Å². The van der Waals surface area contributed by atoms with Gasteiger partial charge in [-0.05, 0) is 25.7 Å². The van der Waals surface area contributed by atoms with Crippen molar-refractivity contribution in [2.24, 2.45) is 10.8 Å². The van der Waals surface area contributed by atoms with Crippen molar-refractivity contribution in [3.63, 3.8) is 0 Å². The normalized spacial score (nSPS) is 18.1. The topological polar surface area (TPSA) is 99.4 Å². The fraction of sp³-hybridized carbons (Fsp3) is 0.786. The van der Waals surface area contributed by atoms with Crippen molar-refractivity contribution in [2.75, 3.05) is 19.8 Å². The summed E-state index contributed by atoms with van der Waals surface area (Å²) >= 11 is 0. The largest absolute Gasteiger partial charge is 0.481 e. The van der Waals surface area contributed by atoms with E-state index < -0.39 is 16.8 Å². The van der Waals surface area contributed by atoms with E-state index >= 15 is 0 Å². The molecule has 0 aromatic heterocycles. The Bertz CT molecular complexity index is 404. The van der Waals surface area contributed by atoms with E-state index in [4.69, 9.17) is 4.74 Å². The van der Waals surface area contributed by atoms with Gasteiger partial charge in [0.15, 0.2) is 0 Å². The number of nitrogens with one attached hydrogen (secondary N) is 1. The zero-order chi connectivity index (χ0) is 15.2. The first kappa shape index (κ1) is 16.4. The van der Waals surface area contributed by atoms with Crippen molar-refractivity contribution in [2.45, 2.75) is 39.5 Å². The molecule has 1 heterocycles. The molecule has 2 N–H and O–H groups in total. The summed E-state index contributed by atoms with van der Waals surface area (Å²) in [5.41, 5.74) is -2.04. The van der Waals surface area contributed by atoms with Crippen molar-refractivity contribution < 1.29 is 19.4 Å². The molecule has 0 aromatic carbocycles. The predicted octanol–water partition coefficient (Wildman–Crippen LogP) is 1.31. The number of carboxylic acid groups (broad SMARTS) is 1. The van der Waals surface area contributed by atoms with Crippen LogP contribution in [0.15, 0.2) is 0 Å². The van der Waals surface area contributed by atoms with Gasteiger partial charge in [-0.3, -0.25) is 9.59 Å². The number of amides is 1. The van der Waals surface area contributed by atoms with Crippen molar-refractivity contribution in [3.05, 3.63) is 0 Å². The van der Waals surface area contributed by atoms with E-state index in [9.17, 15) is 20.0 Å². The Hall–Kier alpha value is -1.61. The standard InChI is InChI=1S/C14H22N2O4/c1-3-13(4-2,12(18)19)10-16-11(17)14(9-15)5-7-20-8-6-14/h3-8,10H2,1-2H3,(H,16,17)(H,18,19). The van der Waals surface area contributed by atoms with Gasteiger partial charge < -0.3 is 15.2 Å². The van der Waals surface area contributed by atoms with Crippen molar-refractivity contribution >= 4 is 11.9 Å². The third-order valence-electron chi connectivity index (χ3n) is 4.39. The third kappa shape index (κ3) is 3.10. The van der Waals surface area contributed by atoms with Crippen LogP contribution >= 0.6 is 0 Å². The Morgan fingerprint density at radius 1 is 1.35 bits per heavy atom. The molecule has 0 aromatic rings. The van der Waals surface area contributed by atoms with Crippen LogP contribution in [0.4, 0.5) is 0 Å². The second-order valence-corrected chi connectivity index (χ2v) is 5.28. The molecule has 1 aliphatic rings. The quantitative estimate of drug-likeness (QED) is 0.765. The monoisotopic (exact) mass is 282 g/mol. The van der Waals surface area contributed by atoms with E-state index in [1.54, 1.807) is 13.8 Å². The van der Waals surface area contributed by atoms with E-state index in [2.05, 4.69) is 11.4 Å². The number of aliphatic carboxylic acids is 1. The smallest absolute Gasteiger partial charge is 0.311 e. The highest BCUT2D eigenvalue weighted by atomic mass is 16.5. The summed E-state index contributed by atoms with van der Waals surface area (Å²) in [6, 6.07) is 2.08.